The van der Waals surface area contributed by atoms with Crippen LogP contribution in [0.5, 0.6) is 0 Å². The van der Waals surface area contributed by atoms with Crippen LogP contribution in [-0.4, -0.2) is 45.8 Å². The van der Waals surface area contributed by atoms with Crippen molar-refractivity contribution in [2.75, 3.05) is 13.2 Å². The molecule has 0 saturated carbocycles. The van der Waals surface area contributed by atoms with Crippen molar-refractivity contribution >= 4 is 29.1 Å². The lowest BCUT2D eigenvalue weighted by molar-refractivity contribution is 0.0490. The molecule has 0 radical (unpaired) electrons. The van der Waals surface area contributed by atoms with Crippen LogP contribution in [-0.2, 0) is 4.74 Å². The van der Waals surface area contributed by atoms with Crippen LogP contribution < -0.4 is 0 Å². The zero-order valence-corrected chi connectivity index (χ0v) is 17.1. The van der Waals surface area contributed by atoms with E-state index in [0.29, 0.717) is 51.8 Å². The molecule has 0 bridgehead atoms. The molecule has 3 aromatic rings. The quantitative estimate of drug-likeness (QED) is 0.328. The lowest BCUT2D eigenvalue weighted by atomic mass is 10.1. The van der Waals surface area contributed by atoms with E-state index in [4.69, 9.17) is 4.74 Å². The Kier molecular flexibility index (Phi) is 5.67. The molecule has 1 aromatic carbocycles. The molecule has 0 spiro atoms. The Morgan fingerprint density at radius 3 is 2.40 bits per heavy atom. The first-order valence-electron chi connectivity index (χ1n) is 9.57. The second-order valence-electron chi connectivity index (χ2n) is 6.80. The number of nitrogens with zero attached hydrogens (tertiary/aromatic N) is 3. The van der Waals surface area contributed by atoms with Gasteiger partial charge in [0.2, 0.25) is 0 Å². The number of hydrogen-bond donors (Lipinski definition) is 0. The van der Waals surface area contributed by atoms with Gasteiger partial charge >= 0.3 is 5.97 Å². The third-order valence-corrected chi connectivity index (χ3v) is 5.91. The van der Waals surface area contributed by atoms with E-state index in [9.17, 15) is 14.4 Å². The smallest absolute Gasteiger partial charge is 0.350 e. The van der Waals surface area contributed by atoms with E-state index in [1.54, 1.807) is 37.4 Å². The second-order valence-corrected chi connectivity index (χ2v) is 7.80. The highest BCUT2D eigenvalue weighted by Crippen LogP contribution is 2.27. The average Bonchev–Trinajstić information content (AvgIpc) is 3.27. The number of thiazole rings is 1. The number of unbranched alkanes of at least 4 members (excludes halogenated alkanes) is 1. The van der Waals surface area contributed by atoms with Crippen LogP contribution in [0.2, 0.25) is 0 Å². The predicted octanol–water partition coefficient (Wildman–Crippen LogP) is 3.75. The van der Waals surface area contributed by atoms with Crippen LogP contribution in [0.3, 0.4) is 0 Å². The van der Waals surface area contributed by atoms with E-state index in [0.717, 1.165) is 0 Å². The third kappa shape index (κ3) is 3.86. The largest absolute Gasteiger partial charge is 0.461 e. The summed E-state index contributed by atoms with van der Waals surface area (Å²) >= 11 is 1.25. The number of aromatic nitrogens is 2. The number of rotatable bonds is 7. The molecule has 152 valence electrons. The number of benzene rings is 1. The summed E-state index contributed by atoms with van der Waals surface area (Å²) in [6, 6.07) is 12.3. The molecule has 2 aromatic heterocycles. The summed E-state index contributed by atoms with van der Waals surface area (Å²) in [7, 11) is 0. The molecule has 0 N–H and O–H groups in total. The van der Waals surface area contributed by atoms with Gasteiger partial charge in [0.15, 0.2) is 0 Å². The fraction of sp³-hybridized carbons (Fsp3) is 0.227. The highest BCUT2D eigenvalue weighted by molar-refractivity contribution is 7.17. The van der Waals surface area contributed by atoms with E-state index < -0.39 is 5.97 Å². The van der Waals surface area contributed by atoms with Crippen molar-refractivity contribution in [3.63, 3.8) is 0 Å². The zero-order chi connectivity index (χ0) is 21.1. The van der Waals surface area contributed by atoms with Gasteiger partial charge in [-0.2, -0.15) is 0 Å². The molecule has 0 unspecified atom stereocenters. The van der Waals surface area contributed by atoms with Gasteiger partial charge in [0.05, 0.1) is 29.1 Å². The minimum atomic E-state index is -0.423. The molecule has 30 heavy (non-hydrogen) atoms. The van der Waals surface area contributed by atoms with Gasteiger partial charge in [0.25, 0.3) is 11.8 Å². The van der Waals surface area contributed by atoms with Gasteiger partial charge in [0, 0.05) is 12.7 Å². The minimum absolute atomic E-state index is 0.207. The maximum absolute atomic E-state index is 12.4. The first-order valence-corrected chi connectivity index (χ1v) is 10.4. The summed E-state index contributed by atoms with van der Waals surface area (Å²) in [6.45, 7) is 2.27. The molecule has 4 rings (SSSR count). The van der Waals surface area contributed by atoms with Crippen molar-refractivity contribution < 1.29 is 19.1 Å². The van der Waals surface area contributed by atoms with Crippen molar-refractivity contribution in [1.29, 1.82) is 0 Å². The van der Waals surface area contributed by atoms with Crippen molar-refractivity contribution in [2.45, 2.75) is 19.8 Å². The van der Waals surface area contributed by atoms with Crippen LogP contribution in [0.1, 0.15) is 48.9 Å². The van der Waals surface area contributed by atoms with Crippen LogP contribution in [0.15, 0.2) is 48.7 Å². The molecular formula is C22H19N3O4S. The Balaban J connectivity index is 1.27. The Labute approximate surface area is 177 Å². The van der Waals surface area contributed by atoms with Crippen LogP contribution in [0.25, 0.3) is 10.7 Å². The van der Waals surface area contributed by atoms with Gasteiger partial charge in [-0.15, -0.1) is 11.3 Å². The number of hydrogen-bond acceptors (Lipinski definition) is 7. The topological polar surface area (TPSA) is 89.5 Å². The molecular weight excluding hydrogens is 402 g/mol. The van der Waals surface area contributed by atoms with Crippen molar-refractivity contribution in [1.82, 2.24) is 14.9 Å². The SMILES string of the molecule is Cc1nc(-c2ccccn2)sc1C(=O)OCCCCN1C(=O)c2ccccc2C1=O. The number of aryl methyl sites for hydroxylation is 1. The fourth-order valence-corrected chi connectivity index (χ4v) is 4.17. The van der Waals surface area contributed by atoms with Gasteiger partial charge < -0.3 is 4.74 Å². The van der Waals surface area contributed by atoms with E-state index in [1.807, 2.05) is 18.2 Å². The number of imide groups is 1. The third-order valence-electron chi connectivity index (χ3n) is 4.75. The Morgan fingerprint density at radius 1 is 1.03 bits per heavy atom. The van der Waals surface area contributed by atoms with Gasteiger partial charge in [0.1, 0.15) is 9.88 Å². The Morgan fingerprint density at radius 2 is 1.73 bits per heavy atom. The summed E-state index contributed by atoms with van der Waals surface area (Å²) in [5.74, 6) is -0.960. The molecule has 3 heterocycles. The normalized spacial score (nSPS) is 12.9. The van der Waals surface area contributed by atoms with Crippen molar-refractivity contribution in [2.24, 2.45) is 0 Å². The maximum atomic E-state index is 12.4. The van der Waals surface area contributed by atoms with Crippen molar-refractivity contribution in [3.8, 4) is 10.7 Å². The minimum Gasteiger partial charge on any atom is -0.461 e. The van der Waals surface area contributed by atoms with Gasteiger partial charge in [-0.1, -0.05) is 18.2 Å². The fourth-order valence-electron chi connectivity index (χ4n) is 3.23. The number of fused-ring (bicyclic) bond motifs is 1. The van der Waals surface area contributed by atoms with Gasteiger partial charge in [-0.05, 0) is 44.0 Å². The summed E-state index contributed by atoms with van der Waals surface area (Å²) in [5.41, 5.74) is 2.21. The number of ether oxygens (including phenoxy) is 1. The van der Waals surface area contributed by atoms with E-state index in [-0.39, 0.29) is 18.4 Å². The van der Waals surface area contributed by atoms with Gasteiger partial charge in [-0.25, -0.2) is 9.78 Å². The molecule has 8 heteroatoms. The van der Waals surface area contributed by atoms with Crippen molar-refractivity contribution in [3.05, 3.63) is 70.4 Å². The zero-order valence-electron chi connectivity index (χ0n) is 16.3. The van der Waals surface area contributed by atoms with E-state index in [1.165, 1.54) is 16.2 Å². The van der Waals surface area contributed by atoms with E-state index in [2.05, 4.69) is 9.97 Å². The summed E-state index contributed by atoms with van der Waals surface area (Å²) in [6.07, 6.45) is 2.78. The molecule has 1 aliphatic heterocycles. The van der Waals surface area contributed by atoms with Crippen LogP contribution in [0.4, 0.5) is 0 Å². The molecule has 0 saturated heterocycles. The van der Waals surface area contributed by atoms with Crippen LogP contribution in [0, 0.1) is 6.92 Å². The predicted molar refractivity (Wildman–Crippen MR) is 111 cm³/mol. The lowest BCUT2D eigenvalue weighted by Crippen LogP contribution is -2.30. The first-order chi connectivity index (χ1) is 14.6. The summed E-state index contributed by atoms with van der Waals surface area (Å²) in [4.78, 5) is 47.4. The highest BCUT2D eigenvalue weighted by atomic mass is 32.1. The Hall–Kier alpha value is -3.39. The monoisotopic (exact) mass is 421 g/mol. The highest BCUT2D eigenvalue weighted by Gasteiger charge is 2.34. The molecule has 1 aliphatic rings. The number of esters is 1. The molecule has 2 amide bonds. The van der Waals surface area contributed by atoms with Crippen LogP contribution >= 0.6 is 11.3 Å². The number of carbonyl (C=O) groups is 3. The molecule has 7 nitrogen and oxygen atoms in total. The summed E-state index contributed by atoms with van der Waals surface area (Å²) in [5, 5.41) is 0.672. The molecule has 0 aliphatic carbocycles. The van der Waals surface area contributed by atoms with E-state index >= 15 is 0 Å². The lowest BCUT2D eigenvalue weighted by Gasteiger charge is -2.13. The Bertz CT molecular complexity index is 1080. The van der Waals surface area contributed by atoms with Gasteiger partial charge in [-0.3, -0.25) is 19.5 Å². The standard InChI is InChI=1S/C22H19N3O4S/c1-14-18(30-19(24-14)17-10-4-5-11-23-17)22(28)29-13-7-6-12-25-20(26)15-8-2-3-9-16(15)21(25)27/h2-5,8-11H,6-7,12-13H2,1H3. The number of carbonyl (C=O) groups excluding carboxylic acids is 3. The summed E-state index contributed by atoms with van der Waals surface area (Å²) < 4.78 is 5.36. The maximum Gasteiger partial charge on any atom is 0.350 e. The number of pyridine rings is 1. The first kappa shape index (κ1) is 19.9. The average molecular weight is 421 g/mol. The molecule has 0 fully saturated rings. The second kappa shape index (κ2) is 8.54. The molecule has 0 atom stereocenters. The number of amides is 2.